The molecule has 1 N–H and O–H groups in total. The lowest BCUT2D eigenvalue weighted by atomic mass is 9.84. The van der Waals surface area contributed by atoms with Gasteiger partial charge in [0.2, 0.25) is 0 Å². The maximum absolute atomic E-state index is 12.6. The highest BCUT2D eigenvalue weighted by Crippen LogP contribution is 2.39. The molecule has 20 heavy (non-hydrogen) atoms. The Morgan fingerprint density at radius 2 is 1.80 bits per heavy atom. The van der Waals surface area contributed by atoms with Gasteiger partial charge in [0, 0.05) is 18.5 Å². The maximum Gasteiger partial charge on any atom is 0.391 e. The minimum atomic E-state index is -4.07. The second-order valence-corrected chi connectivity index (χ2v) is 5.88. The first kappa shape index (κ1) is 17.3. The van der Waals surface area contributed by atoms with Crippen LogP contribution in [0.15, 0.2) is 0 Å². The first-order valence-electron chi connectivity index (χ1n) is 7.26. The summed E-state index contributed by atoms with van der Waals surface area (Å²) in [5.74, 6) is -1.98. The molecule has 0 amide bonds. The Hall–Kier alpha value is -0.780. The fraction of sp³-hybridized carbons (Fsp3) is 0.929. The van der Waals surface area contributed by atoms with Crippen molar-refractivity contribution in [3.05, 3.63) is 0 Å². The van der Waals surface area contributed by atoms with Crippen molar-refractivity contribution in [2.24, 2.45) is 5.92 Å². The van der Waals surface area contributed by atoms with Crippen LogP contribution in [0.1, 0.15) is 52.4 Å². The smallest absolute Gasteiger partial charge is 0.391 e. The molecular formula is C14H24F3NO2. The molecule has 6 heteroatoms. The minimum Gasteiger partial charge on any atom is -0.481 e. The van der Waals surface area contributed by atoms with E-state index in [1.165, 1.54) is 0 Å². The van der Waals surface area contributed by atoms with Gasteiger partial charge in [-0.3, -0.25) is 9.69 Å². The van der Waals surface area contributed by atoms with Crippen molar-refractivity contribution in [1.82, 2.24) is 4.90 Å². The topological polar surface area (TPSA) is 40.5 Å². The molecule has 0 aliphatic heterocycles. The third kappa shape index (κ3) is 5.31. The zero-order valence-corrected chi connectivity index (χ0v) is 12.1. The van der Waals surface area contributed by atoms with Crippen molar-refractivity contribution in [2.45, 2.75) is 70.6 Å². The Labute approximate surface area is 118 Å². The lowest BCUT2D eigenvalue weighted by Crippen LogP contribution is -2.44. The highest BCUT2D eigenvalue weighted by molar-refractivity contribution is 5.66. The molecule has 0 aromatic heterocycles. The number of rotatable bonds is 6. The molecule has 1 fully saturated rings. The highest BCUT2D eigenvalue weighted by atomic mass is 19.4. The van der Waals surface area contributed by atoms with Gasteiger partial charge in [-0.2, -0.15) is 13.2 Å². The zero-order chi connectivity index (χ0) is 15.3. The van der Waals surface area contributed by atoms with Crippen LogP contribution in [0.2, 0.25) is 0 Å². The van der Waals surface area contributed by atoms with Crippen LogP contribution in [0.4, 0.5) is 13.2 Å². The van der Waals surface area contributed by atoms with Crippen molar-refractivity contribution in [3.8, 4) is 0 Å². The predicted octanol–water partition coefficient (Wildman–Crippen LogP) is 3.68. The van der Waals surface area contributed by atoms with E-state index in [9.17, 15) is 18.0 Å². The van der Waals surface area contributed by atoms with E-state index in [1.807, 2.05) is 13.8 Å². The Kier molecular flexibility index (Phi) is 6.30. The SMILES string of the molecule is CC(C)N(CCCC(=O)O)C1CCC(C(F)(F)F)CC1. The van der Waals surface area contributed by atoms with Crippen molar-refractivity contribution in [3.63, 3.8) is 0 Å². The molecular weight excluding hydrogens is 271 g/mol. The van der Waals surface area contributed by atoms with Gasteiger partial charge in [-0.05, 0) is 52.5 Å². The van der Waals surface area contributed by atoms with Gasteiger partial charge in [0.05, 0.1) is 5.92 Å². The molecule has 1 rings (SSSR count). The monoisotopic (exact) mass is 295 g/mol. The molecule has 0 atom stereocenters. The zero-order valence-electron chi connectivity index (χ0n) is 12.1. The summed E-state index contributed by atoms with van der Waals surface area (Å²) in [6.45, 7) is 4.67. The van der Waals surface area contributed by atoms with Crippen LogP contribution in [0, 0.1) is 5.92 Å². The Balaban J connectivity index is 2.47. The molecule has 1 saturated carbocycles. The van der Waals surface area contributed by atoms with E-state index in [-0.39, 0.29) is 31.3 Å². The van der Waals surface area contributed by atoms with E-state index < -0.39 is 18.1 Å². The average molecular weight is 295 g/mol. The molecule has 1 aliphatic rings. The number of aliphatic carboxylic acids is 1. The Bertz CT molecular complexity index is 310. The van der Waals surface area contributed by atoms with Gasteiger partial charge < -0.3 is 5.11 Å². The largest absolute Gasteiger partial charge is 0.481 e. The highest BCUT2D eigenvalue weighted by Gasteiger charge is 2.42. The van der Waals surface area contributed by atoms with Crippen molar-refractivity contribution in [1.29, 1.82) is 0 Å². The predicted molar refractivity (Wildman–Crippen MR) is 70.5 cm³/mol. The first-order chi connectivity index (χ1) is 9.21. The van der Waals surface area contributed by atoms with E-state index in [4.69, 9.17) is 5.11 Å². The Morgan fingerprint density at radius 1 is 1.25 bits per heavy atom. The number of hydrogen-bond donors (Lipinski definition) is 1. The third-order valence-electron chi connectivity index (χ3n) is 4.10. The molecule has 0 spiro atoms. The summed E-state index contributed by atoms with van der Waals surface area (Å²) >= 11 is 0. The quantitative estimate of drug-likeness (QED) is 0.812. The maximum atomic E-state index is 12.6. The number of carboxylic acid groups (broad SMARTS) is 1. The molecule has 118 valence electrons. The van der Waals surface area contributed by atoms with Gasteiger partial charge in [0.1, 0.15) is 0 Å². The molecule has 3 nitrogen and oxygen atoms in total. The van der Waals surface area contributed by atoms with E-state index in [1.54, 1.807) is 0 Å². The second-order valence-electron chi connectivity index (χ2n) is 5.88. The van der Waals surface area contributed by atoms with Crippen LogP contribution < -0.4 is 0 Å². The molecule has 0 unspecified atom stereocenters. The summed E-state index contributed by atoms with van der Waals surface area (Å²) in [5.41, 5.74) is 0. The van der Waals surface area contributed by atoms with E-state index in [0.717, 1.165) is 0 Å². The number of carbonyl (C=O) groups is 1. The third-order valence-corrected chi connectivity index (χ3v) is 4.10. The molecule has 0 radical (unpaired) electrons. The molecule has 0 aromatic carbocycles. The summed E-state index contributed by atoms with van der Waals surface area (Å²) in [6, 6.07) is 0.388. The van der Waals surface area contributed by atoms with E-state index >= 15 is 0 Å². The van der Waals surface area contributed by atoms with Gasteiger partial charge in [0.25, 0.3) is 0 Å². The van der Waals surface area contributed by atoms with Crippen LogP contribution in [-0.4, -0.2) is 40.8 Å². The van der Waals surface area contributed by atoms with Crippen LogP contribution in [0.25, 0.3) is 0 Å². The normalized spacial score (nSPS) is 24.4. The number of carboxylic acids is 1. The van der Waals surface area contributed by atoms with Gasteiger partial charge in [-0.1, -0.05) is 0 Å². The number of hydrogen-bond acceptors (Lipinski definition) is 2. The fourth-order valence-corrected chi connectivity index (χ4v) is 3.01. The number of halogens is 3. The van der Waals surface area contributed by atoms with Crippen LogP contribution in [0.3, 0.4) is 0 Å². The van der Waals surface area contributed by atoms with E-state index in [2.05, 4.69) is 4.90 Å². The Morgan fingerprint density at radius 3 is 2.20 bits per heavy atom. The van der Waals surface area contributed by atoms with Crippen molar-refractivity contribution < 1.29 is 23.1 Å². The van der Waals surface area contributed by atoms with Crippen LogP contribution in [0.5, 0.6) is 0 Å². The van der Waals surface area contributed by atoms with Gasteiger partial charge in [0.15, 0.2) is 0 Å². The molecule has 0 heterocycles. The first-order valence-corrected chi connectivity index (χ1v) is 7.26. The van der Waals surface area contributed by atoms with Crippen molar-refractivity contribution >= 4 is 5.97 Å². The summed E-state index contributed by atoms with van der Waals surface area (Å²) < 4.78 is 37.9. The molecule has 1 aliphatic carbocycles. The fourth-order valence-electron chi connectivity index (χ4n) is 3.01. The standard InChI is InChI=1S/C14H24F3NO2/c1-10(2)18(9-3-4-13(19)20)12-7-5-11(6-8-12)14(15,16)17/h10-12H,3-9H2,1-2H3,(H,19,20). The van der Waals surface area contributed by atoms with E-state index in [0.29, 0.717) is 25.8 Å². The minimum absolute atomic E-state index is 0.112. The summed E-state index contributed by atoms with van der Waals surface area (Å²) in [6.07, 6.45) is -1.93. The molecule has 0 saturated heterocycles. The summed E-state index contributed by atoms with van der Waals surface area (Å²) in [5, 5.41) is 8.66. The lowest BCUT2D eigenvalue weighted by molar-refractivity contribution is -0.184. The molecule has 0 aromatic rings. The van der Waals surface area contributed by atoms with Crippen LogP contribution >= 0.6 is 0 Å². The van der Waals surface area contributed by atoms with Gasteiger partial charge >= 0.3 is 12.1 Å². The van der Waals surface area contributed by atoms with Gasteiger partial charge in [-0.15, -0.1) is 0 Å². The lowest BCUT2D eigenvalue weighted by Gasteiger charge is -2.39. The number of alkyl halides is 3. The average Bonchev–Trinajstić information content (AvgIpc) is 2.33. The number of nitrogens with zero attached hydrogens (tertiary/aromatic N) is 1. The summed E-state index contributed by atoms with van der Waals surface area (Å²) in [4.78, 5) is 12.7. The molecule has 0 bridgehead atoms. The second kappa shape index (κ2) is 7.29. The van der Waals surface area contributed by atoms with Gasteiger partial charge in [-0.25, -0.2) is 0 Å². The van der Waals surface area contributed by atoms with Crippen molar-refractivity contribution in [2.75, 3.05) is 6.54 Å². The summed E-state index contributed by atoms with van der Waals surface area (Å²) in [7, 11) is 0. The van der Waals surface area contributed by atoms with Crippen LogP contribution in [-0.2, 0) is 4.79 Å².